The van der Waals surface area contributed by atoms with Gasteiger partial charge in [0.2, 0.25) is 0 Å². The fourth-order valence-corrected chi connectivity index (χ4v) is 10.9. The zero-order valence-corrected chi connectivity index (χ0v) is 37.5. The van der Waals surface area contributed by atoms with E-state index in [9.17, 15) is 22.8 Å². The number of nitrogens with one attached hydrogen (secondary N) is 2. The van der Waals surface area contributed by atoms with E-state index in [-0.39, 0.29) is 62.6 Å². The molecule has 2 amide bonds. The van der Waals surface area contributed by atoms with Crippen molar-refractivity contribution in [1.82, 2.24) is 13.5 Å². The van der Waals surface area contributed by atoms with Gasteiger partial charge in [-0.25, -0.2) is 13.6 Å². The molecule has 0 unspecified atom stereocenters. The SMILES string of the molecule is COCCN(CCOC)S(=O)(=O)N1CCN(Cc2cccc(C(=O)Nc3sc4c(c3C(=O)Nc3cc(F)c(CCc5ccc(C(=O)OC)cc5)c(F)c3)CCCC4)c2)C(C)(C)C1. The smallest absolute Gasteiger partial charge is 0.337 e. The summed E-state index contributed by atoms with van der Waals surface area (Å²) in [7, 11) is 0.578. The van der Waals surface area contributed by atoms with E-state index in [2.05, 4.69) is 15.5 Å². The number of rotatable bonds is 18. The molecule has 62 heavy (non-hydrogen) atoms. The number of anilines is 2. The first-order valence-corrected chi connectivity index (χ1v) is 22.9. The zero-order chi connectivity index (χ0) is 44.6. The lowest BCUT2D eigenvalue weighted by molar-refractivity contribution is 0.0436. The maximum Gasteiger partial charge on any atom is 0.337 e. The molecule has 3 aromatic carbocycles. The maximum absolute atomic E-state index is 15.4. The molecule has 4 aromatic rings. The Hall–Kier alpha value is -4.62. The van der Waals surface area contributed by atoms with Gasteiger partial charge in [-0.3, -0.25) is 14.5 Å². The third kappa shape index (κ3) is 11.1. The Morgan fingerprint density at radius 1 is 0.823 bits per heavy atom. The minimum atomic E-state index is -3.78. The molecule has 13 nitrogen and oxygen atoms in total. The van der Waals surface area contributed by atoms with Crippen LogP contribution in [0.1, 0.15) is 84.9 Å². The van der Waals surface area contributed by atoms with Crippen LogP contribution < -0.4 is 10.6 Å². The molecule has 0 saturated carbocycles. The topological polar surface area (TPSA) is 147 Å². The molecule has 0 bridgehead atoms. The van der Waals surface area contributed by atoms with Crippen molar-refractivity contribution in [3.05, 3.63) is 116 Å². The Bertz CT molecular complexity index is 2320. The Morgan fingerprint density at radius 2 is 1.50 bits per heavy atom. The number of nitrogens with zero attached hydrogens (tertiary/aromatic N) is 3. The summed E-state index contributed by atoms with van der Waals surface area (Å²) in [5.41, 5.74) is 2.79. The first-order chi connectivity index (χ1) is 29.6. The number of ether oxygens (including phenoxy) is 3. The van der Waals surface area contributed by atoms with Gasteiger partial charge in [0.25, 0.3) is 22.0 Å². The highest BCUT2D eigenvalue weighted by Crippen LogP contribution is 2.39. The van der Waals surface area contributed by atoms with Crippen LogP contribution in [-0.2, 0) is 56.6 Å². The Kier molecular flexibility index (Phi) is 15.7. The van der Waals surface area contributed by atoms with Crippen molar-refractivity contribution in [2.24, 2.45) is 0 Å². The second kappa shape index (κ2) is 20.7. The third-order valence-electron chi connectivity index (χ3n) is 11.4. The van der Waals surface area contributed by atoms with Crippen LogP contribution in [-0.4, -0.2) is 113 Å². The number of amides is 2. The largest absolute Gasteiger partial charge is 0.465 e. The minimum Gasteiger partial charge on any atom is -0.465 e. The molecule has 0 spiro atoms. The number of carbonyl (C=O) groups is 3. The number of benzene rings is 3. The molecule has 6 rings (SSSR count). The van der Waals surface area contributed by atoms with Crippen LogP contribution in [0.25, 0.3) is 0 Å². The first kappa shape index (κ1) is 46.9. The van der Waals surface area contributed by atoms with Crippen molar-refractivity contribution in [1.29, 1.82) is 0 Å². The average Bonchev–Trinajstić information content (AvgIpc) is 3.61. The molecule has 0 radical (unpaired) electrons. The number of hydrogen-bond donors (Lipinski definition) is 2. The molecule has 2 N–H and O–H groups in total. The van der Waals surface area contributed by atoms with Gasteiger partial charge in [0.1, 0.15) is 16.6 Å². The molecule has 1 saturated heterocycles. The van der Waals surface area contributed by atoms with E-state index >= 15 is 8.78 Å². The monoisotopic (exact) mass is 895 g/mol. The van der Waals surface area contributed by atoms with E-state index < -0.39 is 45.2 Å². The van der Waals surface area contributed by atoms with Crippen molar-refractivity contribution in [3.8, 4) is 0 Å². The van der Waals surface area contributed by atoms with Gasteiger partial charge in [-0.15, -0.1) is 11.3 Å². The highest BCUT2D eigenvalue weighted by atomic mass is 32.2. The van der Waals surface area contributed by atoms with E-state index in [1.807, 2.05) is 19.9 Å². The minimum absolute atomic E-state index is 0.0483. The van der Waals surface area contributed by atoms with Crippen LogP contribution in [0.5, 0.6) is 0 Å². The molecular weight excluding hydrogens is 841 g/mol. The normalized spacial score (nSPS) is 15.6. The summed E-state index contributed by atoms with van der Waals surface area (Å²) in [6, 6.07) is 16.0. The zero-order valence-electron chi connectivity index (χ0n) is 35.9. The summed E-state index contributed by atoms with van der Waals surface area (Å²) >= 11 is 1.34. The maximum atomic E-state index is 15.4. The Morgan fingerprint density at radius 3 is 2.15 bits per heavy atom. The molecule has 1 aliphatic carbocycles. The van der Waals surface area contributed by atoms with Crippen molar-refractivity contribution >= 4 is 50.0 Å². The predicted octanol–water partition coefficient (Wildman–Crippen LogP) is 6.72. The Labute approximate surface area is 366 Å². The standard InChI is InChI=1S/C45H55F2N5O8S2/c1-45(2)29-52(62(56,57)51(21-23-58-3)22-24-59-4)20-19-50(45)28-31-9-8-10-33(25-31)41(53)49-43-40(36-11-6-7-12-39(36)61-43)42(54)48-34-26-37(46)35(38(47)27-34)18-15-30-13-16-32(17-14-30)44(55)60-5/h8-10,13-14,16-17,25-27H,6-7,11-12,15,18-24,28-29H2,1-5H3,(H,48,54)(H,49,53). The van der Waals surface area contributed by atoms with Crippen LogP contribution in [0.15, 0.2) is 60.7 Å². The van der Waals surface area contributed by atoms with Crippen LogP contribution >= 0.6 is 11.3 Å². The predicted molar refractivity (Wildman–Crippen MR) is 235 cm³/mol. The Balaban J connectivity index is 1.13. The molecule has 0 atom stereocenters. The van der Waals surface area contributed by atoms with Crippen LogP contribution in [0.2, 0.25) is 0 Å². The van der Waals surface area contributed by atoms with Gasteiger partial charge < -0.3 is 24.8 Å². The van der Waals surface area contributed by atoms with Crippen LogP contribution in [0, 0.1) is 11.6 Å². The van der Waals surface area contributed by atoms with Gasteiger partial charge in [0.05, 0.1) is 31.5 Å². The van der Waals surface area contributed by atoms with Gasteiger partial charge in [-0.05, 0) is 105 Å². The fourth-order valence-electron chi connectivity index (χ4n) is 7.93. The van der Waals surface area contributed by atoms with E-state index in [4.69, 9.17) is 14.2 Å². The number of thiophene rings is 1. The number of aryl methyl sites for hydroxylation is 2. The lowest BCUT2D eigenvalue weighted by Crippen LogP contribution is -2.62. The van der Waals surface area contributed by atoms with Crippen molar-refractivity contribution in [2.45, 2.75) is 64.5 Å². The molecule has 1 aromatic heterocycles. The summed E-state index contributed by atoms with van der Waals surface area (Å²) in [5, 5.41) is 6.02. The van der Waals surface area contributed by atoms with Crippen molar-refractivity contribution in [2.75, 3.05) is 77.9 Å². The molecule has 2 heterocycles. The molecule has 17 heteroatoms. The lowest BCUT2D eigenvalue weighted by atomic mass is 9.95. The first-order valence-electron chi connectivity index (χ1n) is 20.6. The third-order valence-corrected chi connectivity index (χ3v) is 14.6. The second-order valence-electron chi connectivity index (χ2n) is 16.1. The summed E-state index contributed by atoms with van der Waals surface area (Å²) < 4.78 is 76.1. The average molecular weight is 896 g/mol. The number of carbonyl (C=O) groups excluding carboxylic acids is 3. The summed E-state index contributed by atoms with van der Waals surface area (Å²) in [6.45, 7) is 6.44. The number of hydrogen-bond acceptors (Lipinski definition) is 10. The van der Waals surface area contributed by atoms with Crippen molar-refractivity contribution in [3.63, 3.8) is 0 Å². The highest BCUT2D eigenvalue weighted by molar-refractivity contribution is 7.86. The summed E-state index contributed by atoms with van der Waals surface area (Å²) in [6.07, 6.45) is 3.55. The van der Waals surface area contributed by atoms with Gasteiger partial charge >= 0.3 is 5.97 Å². The van der Waals surface area contributed by atoms with Gasteiger partial charge in [0, 0.05) is 80.7 Å². The molecule has 334 valence electrons. The number of halogens is 2. The highest BCUT2D eigenvalue weighted by Gasteiger charge is 2.40. The number of piperazine rings is 1. The van der Waals surface area contributed by atoms with Crippen molar-refractivity contribution < 1.29 is 45.8 Å². The van der Waals surface area contributed by atoms with E-state index in [0.717, 1.165) is 53.0 Å². The van der Waals surface area contributed by atoms with Gasteiger partial charge in [0.15, 0.2) is 0 Å². The quantitative estimate of drug-likeness (QED) is 0.104. The number of esters is 1. The van der Waals surface area contributed by atoms with Gasteiger partial charge in [-0.1, -0.05) is 24.3 Å². The van der Waals surface area contributed by atoms with Gasteiger partial charge in [-0.2, -0.15) is 17.0 Å². The van der Waals surface area contributed by atoms with Crippen LogP contribution in [0.4, 0.5) is 19.5 Å². The van der Waals surface area contributed by atoms with E-state index in [0.29, 0.717) is 42.1 Å². The molecular formula is C45H55F2N5O8S2. The lowest BCUT2D eigenvalue weighted by Gasteiger charge is -2.47. The van der Waals surface area contributed by atoms with E-state index in [1.54, 1.807) is 42.5 Å². The molecule has 1 aliphatic heterocycles. The summed E-state index contributed by atoms with van der Waals surface area (Å²) in [5.74, 6) is -3.07. The number of fused-ring (bicyclic) bond motifs is 1. The molecule has 2 aliphatic rings. The van der Waals surface area contributed by atoms with Crippen LogP contribution in [0.3, 0.4) is 0 Å². The number of methoxy groups -OCH3 is 3. The molecule has 1 fully saturated rings. The summed E-state index contributed by atoms with van der Waals surface area (Å²) in [4.78, 5) is 42.8. The van der Waals surface area contributed by atoms with E-state index in [1.165, 1.54) is 41.3 Å². The fraction of sp³-hybridized carbons (Fsp3) is 0.444. The second-order valence-corrected chi connectivity index (χ2v) is 19.1.